The zero-order chi connectivity index (χ0) is 30.3. The lowest BCUT2D eigenvalue weighted by Crippen LogP contribution is -2.48. The number of ether oxygens (including phenoxy) is 2. The van der Waals surface area contributed by atoms with E-state index in [0.717, 1.165) is 5.56 Å². The third kappa shape index (κ3) is 10.2. The van der Waals surface area contributed by atoms with E-state index in [-0.39, 0.29) is 51.8 Å². The number of nitrogens with zero attached hydrogens (tertiary/aromatic N) is 4. The van der Waals surface area contributed by atoms with Gasteiger partial charge in [-0.3, -0.25) is 4.57 Å². The summed E-state index contributed by atoms with van der Waals surface area (Å²) in [7, 11) is -0.214. The van der Waals surface area contributed by atoms with Crippen molar-refractivity contribution >= 4 is 14.3 Å². The molecule has 1 aromatic heterocycles. The minimum Gasteiger partial charge on any atom is -0.400 e. The molecule has 2 aromatic rings. The van der Waals surface area contributed by atoms with Gasteiger partial charge in [-0.2, -0.15) is 10.2 Å². The maximum Gasteiger partial charge on any atom is 0.351 e. The van der Waals surface area contributed by atoms with E-state index in [1.807, 2.05) is 30.3 Å². The average Bonchev–Trinajstić information content (AvgIpc) is 2.95. The topological polar surface area (TPSA) is 131 Å². The van der Waals surface area contributed by atoms with Crippen molar-refractivity contribution in [3.8, 4) is 6.07 Å². The molecule has 0 amide bonds. The van der Waals surface area contributed by atoms with Crippen molar-refractivity contribution in [1.29, 1.82) is 6.69 Å². The molecule has 2 N–H and O–H groups in total. The Hall–Kier alpha value is -2.42. The Morgan fingerprint density at radius 1 is 1.36 bits per heavy atom. The molecule has 0 radical (unpaired) electrons. The lowest BCUT2D eigenvalue weighted by Gasteiger charge is -2.41. The molecular formula is C27H42N5O6P. The van der Waals surface area contributed by atoms with Crippen LogP contribution in [0.5, 0.6) is 0 Å². The molecule has 1 aromatic carbocycles. The summed E-state index contributed by atoms with van der Waals surface area (Å²) < 4.78 is 41.7. The Kier molecular flexibility index (Phi) is 12.6. The molecule has 1 unspecified atom stereocenters. The van der Waals surface area contributed by atoms with Gasteiger partial charge in [0.25, 0.3) is 8.53 Å². The Morgan fingerprint density at radius 3 is 2.69 bits per heavy atom. The SMILES string of the molecule is [2H]C[C@@]1(COP(OCCC#N)N(C(C)C)C(C)C)COC[C@H](n2ccc(NCc3ccccc3)nc2=O)O1.[3H]OC. The van der Waals surface area contributed by atoms with E-state index in [1.54, 1.807) is 12.3 Å². The van der Waals surface area contributed by atoms with Crippen molar-refractivity contribution in [3.63, 3.8) is 0 Å². The molecule has 0 saturated carbocycles. The van der Waals surface area contributed by atoms with Gasteiger partial charge < -0.3 is 28.9 Å². The minimum absolute atomic E-state index is 0.0418. The van der Waals surface area contributed by atoms with E-state index in [2.05, 4.69) is 53.8 Å². The second-order valence-electron chi connectivity index (χ2n) is 9.43. The van der Waals surface area contributed by atoms with Crippen LogP contribution in [-0.2, 0) is 25.1 Å². The number of nitriles is 1. The molecular weight excluding hydrogens is 521 g/mol. The molecule has 1 saturated heterocycles. The van der Waals surface area contributed by atoms with Crippen LogP contribution in [0, 0.1) is 11.3 Å². The maximum absolute atomic E-state index is 12.9. The molecule has 0 aliphatic carbocycles. The molecule has 2 heterocycles. The summed E-state index contributed by atoms with van der Waals surface area (Å²) in [6, 6.07) is 13.9. The number of rotatable bonds is 13. The Morgan fingerprint density at radius 2 is 2.08 bits per heavy atom. The quantitative estimate of drug-likeness (QED) is 0.270. The second-order valence-corrected chi connectivity index (χ2v) is 10.9. The molecule has 1 aliphatic heterocycles. The first-order valence-corrected chi connectivity index (χ1v) is 14.0. The summed E-state index contributed by atoms with van der Waals surface area (Å²) in [4.78, 5) is 17.0. The minimum atomic E-state index is -1.51. The summed E-state index contributed by atoms with van der Waals surface area (Å²) in [5.74, 6) is 0.463. The number of benzene rings is 1. The zero-order valence-electron chi connectivity index (χ0n) is 25.4. The van der Waals surface area contributed by atoms with Crippen LogP contribution in [0.1, 0.15) is 54.2 Å². The van der Waals surface area contributed by atoms with Crippen LogP contribution < -0.4 is 11.0 Å². The van der Waals surface area contributed by atoms with Gasteiger partial charge in [-0.1, -0.05) is 30.3 Å². The van der Waals surface area contributed by atoms with Gasteiger partial charge in [-0.25, -0.2) is 9.46 Å². The van der Waals surface area contributed by atoms with Crippen LogP contribution in [0.25, 0.3) is 0 Å². The van der Waals surface area contributed by atoms with Crippen LogP contribution >= 0.6 is 8.53 Å². The van der Waals surface area contributed by atoms with E-state index in [9.17, 15) is 4.79 Å². The zero-order valence-corrected chi connectivity index (χ0v) is 24.3. The van der Waals surface area contributed by atoms with Crippen molar-refractivity contribution in [2.24, 2.45) is 0 Å². The van der Waals surface area contributed by atoms with Gasteiger partial charge in [0.05, 0.1) is 38.9 Å². The van der Waals surface area contributed by atoms with E-state index < -0.39 is 26.0 Å². The Balaban J connectivity index is 0.00000187. The van der Waals surface area contributed by atoms with Gasteiger partial charge in [0.15, 0.2) is 6.23 Å². The summed E-state index contributed by atoms with van der Waals surface area (Å²) >= 11 is 0. The van der Waals surface area contributed by atoms with Crippen LogP contribution in [-0.4, -0.2) is 72.0 Å². The molecule has 0 bridgehead atoms. The average molecular weight is 567 g/mol. The Labute approximate surface area is 235 Å². The summed E-state index contributed by atoms with van der Waals surface area (Å²) in [6.45, 7) is 9.23. The van der Waals surface area contributed by atoms with Crippen molar-refractivity contribution in [2.45, 2.75) is 71.5 Å². The van der Waals surface area contributed by atoms with Crippen LogP contribution in [0.3, 0.4) is 0 Å². The third-order valence-electron chi connectivity index (χ3n) is 5.57. The number of aromatic nitrogens is 2. The highest BCUT2D eigenvalue weighted by atomic mass is 31.2. The molecule has 216 valence electrons. The fourth-order valence-corrected chi connectivity index (χ4v) is 5.61. The van der Waals surface area contributed by atoms with E-state index in [0.29, 0.717) is 12.4 Å². The van der Waals surface area contributed by atoms with Crippen molar-refractivity contribution in [2.75, 3.05) is 38.9 Å². The highest BCUT2D eigenvalue weighted by Gasteiger charge is 2.38. The van der Waals surface area contributed by atoms with Gasteiger partial charge in [0, 0.05) is 33.3 Å². The predicted molar refractivity (Wildman–Crippen MR) is 151 cm³/mol. The highest BCUT2D eigenvalue weighted by molar-refractivity contribution is 7.44. The van der Waals surface area contributed by atoms with Gasteiger partial charge in [0.2, 0.25) is 1.43 Å². The highest BCUT2D eigenvalue weighted by Crippen LogP contribution is 2.47. The number of aliphatic hydroxyl groups excluding tert-OH is 1. The maximum atomic E-state index is 12.9. The fourth-order valence-electron chi connectivity index (χ4n) is 3.92. The molecule has 1 aliphatic rings. The summed E-state index contributed by atoms with van der Waals surface area (Å²) in [6.07, 6.45) is 1.12. The smallest absolute Gasteiger partial charge is 0.351 e. The van der Waals surface area contributed by atoms with Crippen LogP contribution in [0.15, 0.2) is 47.4 Å². The first-order chi connectivity index (χ1) is 19.7. The summed E-state index contributed by atoms with van der Waals surface area (Å²) in [5.41, 5.74) is -0.496. The standard InChI is InChI=1S/C26H38N5O5P.CH4O/c1-20(2)31(21(3)4)37(34-15-9-13-27)35-19-26(5)18-33-17-24(36-26)30-14-12-23(29-25(30)32)28-16-22-10-7-6-8-11-22;1-2/h6-8,10-12,14,20-21,24H,9,15-19H2,1-5H3,(H,28,29,32);2H,1H3/t24-,26+,37?;/m1./s1/i5D;2T. The van der Waals surface area contributed by atoms with Crippen molar-refractivity contribution in [3.05, 3.63) is 58.6 Å². The normalized spacial score (nSPS) is 20.5. The largest absolute Gasteiger partial charge is 0.400 e. The van der Waals surface area contributed by atoms with Gasteiger partial charge in [-0.05, 0) is 46.2 Å². The number of anilines is 1. The number of hydrogen-bond donors (Lipinski definition) is 2. The monoisotopic (exact) mass is 566 g/mol. The fraction of sp³-hybridized carbons (Fsp3) is 0.593. The van der Waals surface area contributed by atoms with Crippen molar-refractivity contribution < 1.29 is 25.0 Å². The molecule has 39 heavy (non-hydrogen) atoms. The van der Waals surface area contributed by atoms with Gasteiger partial charge >= 0.3 is 5.69 Å². The number of nitrogens with one attached hydrogen (secondary N) is 1. The van der Waals surface area contributed by atoms with Gasteiger partial charge in [0.1, 0.15) is 11.4 Å². The van der Waals surface area contributed by atoms with Gasteiger partial charge in [-0.15, -0.1) is 0 Å². The van der Waals surface area contributed by atoms with E-state index in [1.165, 1.54) is 11.7 Å². The van der Waals surface area contributed by atoms with Crippen LogP contribution in [0.4, 0.5) is 5.82 Å². The molecule has 3 rings (SSSR count). The molecule has 3 atom stereocenters. The first kappa shape index (κ1) is 29.6. The lowest BCUT2D eigenvalue weighted by atomic mass is 10.1. The van der Waals surface area contributed by atoms with Crippen molar-refractivity contribution in [1.82, 2.24) is 14.2 Å². The number of hydrogen-bond acceptors (Lipinski definition) is 10. The molecule has 11 nitrogen and oxygen atoms in total. The third-order valence-corrected chi connectivity index (χ3v) is 7.62. The molecule has 1 fully saturated rings. The number of aliphatic hydroxyl groups is 1. The lowest BCUT2D eigenvalue weighted by molar-refractivity contribution is -0.227. The van der Waals surface area contributed by atoms with Crippen LogP contribution in [0.2, 0.25) is 0 Å². The molecule has 12 heteroatoms. The molecule has 0 spiro atoms. The first-order valence-electron chi connectivity index (χ1n) is 13.9. The van der Waals surface area contributed by atoms with E-state index in [4.69, 9.17) is 26.6 Å². The van der Waals surface area contributed by atoms with E-state index >= 15 is 0 Å². The predicted octanol–water partition coefficient (Wildman–Crippen LogP) is 4.06. The summed E-state index contributed by atoms with van der Waals surface area (Å²) in [5, 5.41) is 15.6. The second kappa shape index (κ2) is 16.6. The Bertz CT molecular complexity index is 1120.